The largest absolute Gasteiger partial charge is 1.00 e. The summed E-state index contributed by atoms with van der Waals surface area (Å²) in [5.74, 6) is -0.460. The number of ether oxygens (including phenoxy) is 1. The summed E-state index contributed by atoms with van der Waals surface area (Å²) in [6, 6.07) is 0. The van der Waals surface area contributed by atoms with Gasteiger partial charge in [-0.05, 0) is 26.2 Å². The van der Waals surface area contributed by atoms with Crippen LogP contribution < -0.4 is 34.7 Å². The standard InChI is InChI=1S/C8H12O3.Na/c1-2-11-8(10)6-4-3-5-7(6)9;/h9H,2-5H2,1H3;/q;+1/p-1. The topological polar surface area (TPSA) is 49.4 Å². The molecule has 12 heavy (non-hydrogen) atoms. The molecule has 0 bridgehead atoms. The van der Waals surface area contributed by atoms with Gasteiger partial charge in [-0.2, -0.15) is 0 Å². The zero-order valence-corrected chi connectivity index (χ0v) is 9.55. The van der Waals surface area contributed by atoms with Crippen LogP contribution >= 0.6 is 0 Å². The van der Waals surface area contributed by atoms with Crippen LogP contribution in [0.3, 0.4) is 0 Å². The molecule has 0 amide bonds. The van der Waals surface area contributed by atoms with Crippen molar-refractivity contribution >= 4 is 5.97 Å². The minimum absolute atomic E-state index is 0. The van der Waals surface area contributed by atoms with E-state index in [1.807, 2.05) is 0 Å². The van der Waals surface area contributed by atoms with Crippen molar-refractivity contribution in [1.82, 2.24) is 0 Å². The molecule has 0 aromatic heterocycles. The van der Waals surface area contributed by atoms with Gasteiger partial charge in [0.2, 0.25) is 0 Å². The molecule has 0 saturated carbocycles. The van der Waals surface area contributed by atoms with Crippen molar-refractivity contribution in [3.05, 3.63) is 11.3 Å². The van der Waals surface area contributed by atoms with E-state index in [-0.39, 0.29) is 35.3 Å². The monoisotopic (exact) mass is 178 g/mol. The first-order chi connectivity index (χ1) is 5.25. The molecule has 0 N–H and O–H groups in total. The third kappa shape index (κ3) is 2.81. The number of rotatable bonds is 2. The summed E-state index contributed by atoms with van der Waals surface area (Å²) in [6.07, 6.45) is 1.90. The van der Waals surface area contributed by atoms with Crippen molar-refractivity contribution in [3.63, 3.8) is 0 Å². The summed E-state index contributed by atoms with van der Waals surface area (Å²) in [4.78, 5) is 11.0. The minimum Gasteiger partial charge on any atom is -0.875 e. The molecule has 0 saturated heterocycles. The molecular formula is C8H11NaO3. The maximum atomic E-state index is 11.0. The number of hydrogen-bond donors (Lipinski definition) is 0. The van der Waals surface area contributed by atoms with Crippen molar-refractivity contribution in [1.29, 1.82) is 0 Å². The molecule has 0 spiro atoms. The second-order valence-electron chi connectivity index (χ2n) is 2.48. The van der Waals surface area contributed by atoms with E-state index in [9.17, 15) is 9.90 Å². The molecule has 0 radical (unpaired) electrons. The Kier molecular flexibility index (Phi) is 5.63. The Morgan fingerprint density at radius 3 is 2.67 bits per heavy atom. The normalized spacial score (nSPS) is 15.8. The quantitative estimate of drug-likeness (QED) is 0.343. The van der Waals surface area contributed by atoms with Crippen LogP contribution in [0.15, 0.2) is 11.3 Å². The van der Waals surface area contributed by atoms with E-state index < -0.39 is 5.97 Å². The Bertz CT molecular complexity index is 198. The van der Waals surface area contributed by atoms with E-state index in [1.165, 1.54) is 0 Å². The molecule has 0 aliphatic heterocycles. The van der Waals surface area contributed by atoms with E-state index in [0.29, 0.717) is 25.0 Å². The number of hydrogen-bond acceptors (Lipinski definition) is 3. The van der Waals surface area contributed by atoms with Crippen LogP contribution in [-0.4, -0.2) is 12.6 Å². The molecule has 4 heteroatoms. The Morgan fingerprint density at radius 1 is 1.58 bits per heavy atom. The van der Waals surface area contributed by atoms with Crippen LogP contribution in [0, 0.1) is 0 Å². The molecule has 1 aliphatic rings. The predicted molar refractivity (Wildman–Crippen MR) is 37.5 cm³/mol. The summed E-state index contributed by atoms with van der Waals surface area (Å²) in [6.45, 7) is 2.08. The van der Waals surface area contributed by atoms with Gasteiger partial charge in [-0.15, -0.1) is 5.76 Å². The predicted octanol–water partition coefficient (Wildman–Crippen LogP) is -2.65. The van der Waals surface area contributed by atoms with Crippen LogP contribution in [-0.2, 0) is 9.53 Å². The van der Waals surface area contributed by atoms with Crippen LogP contribution in [0.1, 0.15) is 26.2 Å². The molecular weight excluding hydrogens is 167 g/mol. The van der Waals surface area contributed by atoms with Crippen LogP contribution in [0.5, 0.6) is 0 Å². The fraction of sp³-hybridized carbons (Fsp3) is 0.625. The fourth-order valence-electron chi connectivity index (χ4n) is 1.15. The van der Waals surface area contributed by atoms with E-state index >= 15 is 0 Å². The van der Waals surface area contributed by atoms with E-state index in [1.54, 1.807) is 6.92 Å². The van der Waals surface area contributed by atoms with Gasteiger partial charge < -0.3 is 9.84 Å². The van der Waals surface area contributed by atoms with Gasteiger partial charge in [0.05, 0.1) is 6.61 Å². The van der Waals surface area contributed by atoms with Crippen molar-refractivity contribution in [2.75, 3.05) is 6.61 Å². The molecule has 1 rings (SSSR count). The zero-order chi connectivity index (χ0) is 8.27. The maximum Gasteiger partial charge on any atom is 1.00 e. The van der Waals surface area contributed by atoms with E-state index in [0.717, 1.165) is 6.42 Å². The van der Waals surface area contributed by atoms with Crippen LogP contribution in [0.2, 0.25) is 0 Å². The summed E-state index contributed by atoms with van der Waals surface area (Å²) >= 11 is 0. The summed E-state index contributed by atoms with van der Waals surface area (Å²) in [7, 11) is 0. The molecule has 0 aromatic carbocycles. The van der Waals surface area contributed by atoms with Gasteiger partial charge in [-0.1, -0.05) is 0 Å². The first-order valence-electron chi connectivity index (χ1n) is 3.82. The minimum atomic E-state index is -0.421. The average molecular weight is 178 g/mol. The molecule has 0 aromatic rings. The Labute approximate surface area is 94.1 Å². The Balaban J connectivity index is 0.00000121. The first kappa shape index (κ1) is 12.0. The second kappa shape index (κ2) is 5.62. The van der Waals surface area contributed by atoms with Gasteiger partial charge >= 0.3 is 35.5 Å². The van der Waals surface area contributed by atoms with Crippen molar-refractivity contribution in [3.8, 4) is 0 Å². The smallest absolute Gasteiger partial charge is 0.875 e. The SMILES string of the molecule is CCOC(=O)C1=C([O-])CCC1.[Na+]. The molecule has 0 heterocycles. The van der Waals surface area contributed by atoms with Crippen LogP contribution in [0.4, 0.5) is 0 Å². The second-order valence-corrected chi connectivity index (χ2v) is 2.48. The third-order valence-electron chi connectivity index (χ3n) is 1.69. The van der Waals surface area contributed by atoms with Gasteiger partial charge in [0.15, 0.2) is 0 Å². The van der Waals surface area contributed by atoms with Gasteiger partial charge in [0, 0.05) is 5.57 Å². The average Bonchev–Trinajstić information content (AvgIpc) is 2.36. The number of allylic oxidation sites excluding steroid dienone is 1. The molecule has 62 valence electrons. The zero-order valence-electron chi connectivity index (χ0n) is 7.55. The maximum absolute atomic E-state index is 11.0. The van der Waals surface area contributed by atoms with Crippen molar-refractivity contribution in [2.45, 2.75) is 26.2 Å². The summed E-state index contributed by atoms with van der Waals surface area (Å²) in [5, 5.41) is 11.0. The van der Waals surface area contributed by atoms with Gasteiger partial charge in [0.25, 0.3) is 0 Å². The van der Waals surface area contributed by atoms with Gasteiger partial charge in [0.1, 0.15) is 0 Å². The molecule has 0 fully saturated rings. The third-order valence-corrected chi connectivity index (χ3v) is 1.69. The van der Waals surface area contributed by atoms with E-state index in [2.05, 4.69) is 0 Å². The summed E-state index contributed by atoms with van der Waals surface area (Å²) < 4.78 is 4.70. The number of carbonyl (C=O) groups excluding carboxylic acids is 1. The Hall–Kier alpha value is 0.0100. The first-order valence-corrected chi connectivity index (χ1v) is 3.82. The van der Waals surface area contributed by atoms with Gasteiger partial charge in [-0.3, -0.25) is 0 Å². The fourth-order valence-corrected chi connectivity index (χ4v) is 1.15. The van der Waals surface area contributed by atoms with Crippen molar-refractivity contribution < 1.29 is 44.2 Å². The van der Waals surface area contributed by atoms with Gasteiger partial charge in [-0.25, -0.2) is 4.79 Å². The number of esters is 1. The Morgan fingerprint density at radius 2 is 2.25 bits per heavy atom. The molecule has 0 unspecified atom stereocenters. The van der Waals surface area contributed by atoms with E-state index in [4.69, 9.17) is 4.74 Å². The number of carbonyl (C=O) groups is 1. The molecule has 1 aliphatic carbocycles. The van der Waals surface area contributed by atoms with Crippen LogP contribution in [0.25, 0.3) is 0 Å². The molecule has 0 atom stereocenters. The van der Waals surface area contributed by atoms with Crippen molar-refractivity contribution in [2.24, 2.45) is 0 Å². The summed E-state index contributed by atoms with van der Waals surface area (Å²) in [5.41, 5.74) is 0.354. The molecule has 3 nitrogen and oxygen atoms in total.